The molecule has 0 atom stereocenters. The second-order valence-corrected chi connectivity index (χ2v) is 6.26. The highest BCUT2D eigenvalue weighted by molar-refractivity contribution is 7.16. The van der Waals surface area contributed by atoms with Crippen LogP contribution in [0.1, 0.15) is 11.3 Å². The lowest BCUT2D eigenvalue weighted by molar-refractivity contribution is -0.141. The molecule has 1 aliphatic rings. The Kier molecular flexibility index (Phi) is 3.73. The lowest BCUT2D eigenvalue weighted by Crippen LogP contribution is -2.68. The Morgan fingerprint density at radius 2 is 2.35 bits per heavy atom. The van der Waals surface area contributed by atoms with Gasteiger partial charge in [0.15, 0.2) is 0 Å². The van der Waals surface area contributed by atoms with Crippen LogP contribution in [-0.4, -0.2) is 41.7 Å². The predicted octanol–water partition coefficient (Wildman–Crippen LogP) is 1.65. The average Bonchev–Trinajstić information content (AvgIpc) is 2.57. The molecule has 17 heavy (non-hydrogen) atoms. The van der Waals surface area contributed by atoms with Crippen LogP contribution in [0.3, 0.4) is 0 Å². The number of aliphatic carboxylic acids is 1. The fourth-order valence-corrected chi connectivity index (χ4v) is 3.20. The maximum atomic E-state index is 10.9. The van der Waals surface area contributed by atoms with E-state index in [0.717, 1.165) is 28.8 Å². The van der Waals surface area contributed by atoms with Crippen molar-refractivity contribution in [3.05, 3.63) is 21.3 Å². The van der Waals surface area contributed by atoms with Gasteiger partial charge >= 0.3 is 5.97 Å². The van der Waals surface area contributed by atoms with E-state index >= 15 is 0 Å². The van der Waals surface area contributed by atoms with Crippen LogP contribution in [0.4, 0.5) is 0 Å². The second kappa shape index (κ2) is 4.94. The van der Waals surface area contributed by atoms with E-state index in [1.54, 1.807) is 11.3 Å². The highest BCUT2D eigenvalue weighted by Crippen LogP contribution is 2.28. The number of carboxylic acids is 1. The first kappa shape index (κ1) is 12.8. The number of nitrogens with zero attached hydrogens (tertiary/aromatic N) is 1. The van der Waals surface area contributed by atoms with Gasteiger partial charge in [-0.3, -0.25) is 9.69 Å². The van der Waals surface area contributed by atoms with E-state index < -0.39 is 5.97 Å². The largest absolute Gasteiger partial charge is 0.481 e. The van der Waals surface area contributed by atoms with Crippen molar-refractivity contribution in [2.45, 2.75) is 18.5 Å². The lowest BCUT2D eigenvalue weighted by Gasteiger charge is -2.48. The quantitative estimate of drug-likeness (QED) is 0.857. The van der Waals surface area contributed by atoms with Crippen LogP contribution in [-0.2, 0) is 11.3 Å². The molecule has 2 rings (SSSR count). The molecule has 2 heterocycles. The van der Waals surface area contributed by atoms with E-state index in [0.29, 0.717) is 0 Å². The van der Waals surface area contributed by atoms with Gasteiger partial charge in [0.05, 0.1) is 16.3 Å². The zero-order valence-corrected chi connectivity index (χ0v) is 11.1. The van der Waals surface area contributed by atoms with E-state index in [2.05, 4.69) is 10.2 Å². The Morgan fingerprint density at radius 1 is 1.65 bits per heavy atom. The van der Waals surface area contributed by atoms with Gasteiger partial charge in [-0.05, 0) is 19.2 Å². The molecule has 0 aliphatic carbocycles. The fourth-order valence-electron chi connectivity index (χ4n) is 2.06. The number of rotatable bonds is 5. The van der Waals surface area contributed by atoms with Gasteiger partial charge in [-0.15, -0.1) is 11.3 Å². The molecule has 0 bridgehead atoms. The zero-order valence-electron chi connectivity index (χ0n) is 9.57. The molecule has 0 spiro atoms. The Morgan fingerprint density at radius 3 is 2.76 bits per heavy atom. The molecule has 0 radical (unpaired) electrons. The SMILES string of the molecule is CN(Cc1ccc(Cl)s1)C1(CC(=O)O)CNC1. The number of thiophene rings is 1. The minimum Gasteiger partial charge on any atom is -0.481 e. The van der Waals surface area contributed by atoms with Crippen molar-refractivity contribution in [1.82, 2.24) is 10.2 Å². The summed E-state index contributed by atoms with van der Waals surface area (Å²) in [5.74, 6) is -0.748. The summed E-state index contributed by atoms with van der Waals surface area (Å²) in [5, 5.41) is 12.1. The van der Waals surface area contributed by atoms with Crippen molar-refractivity contribution in [3.63, 3.8) is 0 Å². The van der Waals surface area contributed by atoms with Gasteiger partial charge in [0.25, 0.3) is 0 Å². The molecule has 0 aromatic carbocycles. The van der Waals surface area contributed by atoms with Crippen LogP contribution in [0.15, 0.2) is 12.1 Å². The number of hydrogen-bond acceptors (Lipinski definition) is 4. The van der Waals surface area contributed by atoms with Crippen molar-refractivity contribution in [2.75, 3.05) is 20.1 Å². The molecule has 1 fully saturated rings. The first-order chi connectivity index (χ1) is 8.02. The molecule has 0 saturated carbocycles. The number of hydrogen-bond donors (Lipinski definition) is 2. The van der Waals surface area contributed by atoms with Crippen LogP contribution in [0, 0.1) is 0 Å². The number of nitrogens with one attached hydrogen (secondary N) is 1. The highest BCUT2D eigenvalue weighted by Gasteiger charge is 2.42. The standard InChI is InChI=1S/C11H15ClN2O2S/c1-14(5-8-2-3-9(12)17-8)11(4-10(15)16)6-13-7-11/h2-3,13H,4-7H2,1H3,(H,15,16). The zero-order chi connectivity index (χ0) is 12.5. The summed E-state index contributed by atoms with van der Waals surface area (Å²) < 4.78 is 0.771. The van der Waals surface area contributed by atoms with Gasteiger partial charge in [0.1, 0.15) is 0 Å². The summed E-state index contributed by atoms with van der Waals surface area (Å²) in [5.41, 5.74) is -0.248. The molecule has 0 amide bonds. The molecular weight excluding hydrogens is 260 g/mol. The molecule has 94 valence electrons. The van der Waals surface area contributed by atoms with E-state index in [1.165, 1.54) is 0 Å². The first-order valence-electron chi connectivity index (χ1n) is 5.40. The molecule has 0 unspecified atom stereocenters. The molecular formula is C11H15ClN2O2S. The Hall–Kier alpha value is -0.620. The molecule has 1 aliphatic heterocycles. The molecule has 1 saturated heterocycles. The molecule has 4 nitrogen and oxygen atoms in total. The number of likely N-dealkylation sites (N-methyl/N-ethyl adjacent to an activating group) is 1. The third-order valence-corrected chi connectivity index (χ3v) is 4.44. The van der Waals surface area contributed by atoms with E-state index in [9.17, 15) is 4.79 Å². The minimum atomic E-state index is -0.748. The smallest absolute Gasteiger partial charge is 0.305 e. The molecule has 1 aromatic heterocycles. The van der Waals surface area contributed by atoms with E-state index in [-0.39, 0.29) is 12.0 Å². The normalized spacial score (nSPS) is 18.1. The van der Waals surface area contributed by atoms with Gasteiger partial charge in [0.2, 0.25) is 0 Å². The molecule has 1 aromatic rings. The first-order valence-corrected chi connectivity index (χ1v) is 6.59. The van der Waals surface area contributed by atoms with E-state index in [1.807, 2.05) is 19.2 Å². The van der Waals surface area contributed by atoms with Crippen molar-refractivity contribution in [2.24, 2.45) is 0 Å². The Balaban J connectivity index is 2.02. The summed E-state index contributed by atoms with van der Waals surface area (Å²) in [4.78, 5) is 14.2. The summed E-state index contributed by atoms with van der Waals surface area (Å²) >= 11 is 7.43. The maximum absolute atomic E-state index is 10.9. The van der Waals surface area contributed by atoms with Gasteiger partial charge in [-0.2, -0.15) is 0 Å². The van der Waals surface area contributed by atoms with Gasteiger partial charge in [-0.1, -0.05) is 11.6 Å². The monoisotopic (exact) mass is 274 g/mol. The summed E-state index contributed by atoms with van der Waals surface area (Å²) in [6, 6.07) is 3.86. The van der Waals surface area contributed by atoms with Crippen molar-refractivity contribution >= 4 is 28.9 Å². The third kappa shape index (κ3) is 2.80. The van der Waals surface area contributed by atoms with Gasteiger partial charge < -0.3 is 10.4 Å². The van der Waals surface area contributed by atoms with Crippen LogP contribution < -0.4 is 5.32 Å². The second-order valence-electron chi connectivity index (χ2n) is 4.46. The van der Waals surface area contributed by atoms with Crippen LogP contribution in [0.2, 0.25) is 4.34 Å². The highest BCUT2D eigenvalue weighted by atomic mass is 35.5. The summed E-state index contributed by atoms with van der Waals surface area (Å²) in [6.07, 6.45) is 0.176. The topological polar surface area (TPSA) is 52.6 Å². The summed E-state index contributed by atoms with van der Waals surface area (Å²) in [6.45, 7) is 2.20. The van der Waals surface area contributed by atoms with Crippen molar-refractivity contribution < 1.29 is 9.90 Å². The van der Waals surface area contributed by atoms with Crippen molar-refractivity contribution in [1.29, 1.82) is 0 Å². The Labute approximate surface area is 109 Å². The maximum Gasteiger partial charge on any atom is 0.305 e. The minimum absolute atomic E-state index is 0.176. The average molecular weight is 275 g/mol. The number of carboxylic acid groups (broad SMARTS) is 1. The van der Waals surface area contributed by atoms with Crippen LogP contribution in [0.5, 0.6) is 0 Å². The molecule has 2 N–H and O–H groups in total. The van der Waals surface area contributed by atoms with Crippen LogP contribution >= 0.6 is 22.9 Å². The summed E-state index contributed by atoms with van der Waals surface area (Å²) in [7, 11) is 1.97. The predicted molar refractivity (Wildman–Crippen MR) is 68.6 cm³/mol. The van der Waals surface area contributed by atoms with Gasteiger partial charge in [0, 0.05) is 24.5 Å². The van der Waals surface area contributed by atoms with Crippen LogP contribution in [0.25, 0.3) is 0 Å². The van der Waals surface area contributed by atoms with E-state index in [4.69, 9.17) is 16.7 Å². The number of carbonyl (C=O) groups is 1. The Bertz CT molecular complexity index is 417. The molecule has 6 heteroatoms. The fraction of sp³-hybridized carbons (Fsp3) is 0.545. The number of halogens is 1. The third-order valence-electron chi connectivity index (χ3n) is 3.22. The lowest BCUT2D eigenvalue weighted by atomic mass is 9.87. The van der Waals surface area contributed by atoms with Gasteiger partial charge in [-0.25, -0.2) is 0 Å². The van der Waals surface area contributed by atoms with Crippen molar-refractivity contribution in [3.8, 4) is 0 Å².